The van der Waals surface area contributed by atoms with Gasteiger partial charge in [-0.05, 0) is 18.1 Å². The second kappa shape index (κ2) is 6.20. The van der Waals surface area contributed by atoms with Crippen LogP contribution in [0.25, 0.3) is 11.1 Å². The molecule has 0 fully saturated rings. The molecule has 2 aromatic rings. The zero-order chi connectivity index (χ0) is 15.6. The van der Waals surface area contributed by atoms with Crippen LogP contribution in [0.1, 0.15) is 33.3 Å². The first-order valence-corrected chi connectivity index (χ1v) is 9.48. The Morgan fingerprint density at radius 3 is 1.86 bits per heavy atom. The van der Waals surface area contributed by atoms with Crippen molar-refractivity contribution in [1.29, 1.82) is 0 Å². The number of hydrogen-bond acceptors (Lipinski definition) is 1. The van der Waals surface area contributed by atoms with Gasteiger partial charge in [-0.15, -0.1) is 0 Å². The topological polar surface area (TPSA) is 17.1 Å². The molecular weight excluding hydrogens is 275 g/mol. The maximum absolute atomic E-state index is 13.7. The van der Waals surface area contributed by atoms with E-state index in [0.717, 1.165) is 16.4 Å². The van der Waals surface area contributed by atoms with Gasteiger partial charge in [-0.3, -0.25) is 0 Å². The number of aryl methyl sites for hydroxylation is 1. The first-order valence-electron chi connectivity index (χ1n) is 7.63. The molecule has 0 amide bonds. The molecule has 2 heteroatoms. The maximum atomic E-state index is 13.7. The lowest BCUT2D eigenvalue weighted by Crippen LogP contribution is -2.21. The Kier molecular flexibility index (Phi) is 4.74. The van der Waals surface area contributed by atoms with Gasteiger partial charge in [0.1, 0.15) is 7.14 Å². The molecule has 0 aliphatic carbocycles. The lowest BCUT2D eigenvalue weighted by Gasteiger charge is -2.28. The fourth-order valence-corrected chi connectivity index (χ4v) is 6.11. The SMILES string of the molecule is Cc1ccc(-c2ccccc2P(=O)(C(C)C)C(C)C)cc1. The van der Waals surface area contributed by atoms with Crippen molar-refractivity contribution >= 4 is 12.4 Å². The summed E-state index contributed by atoms with van der Waals surface area (Å²) in [7, 11) is -2.43. The van der Waals surface area contributed by atoms with Gasteiger partial charge >= 0.3 is 0 Å². The third-order valence-corrected chi connectivity index (χ3v) is 8.39. The second-order valence-electron chi connectivity index (χ2n) is 6.28. The highest BCUT2D eigenvalue weighted by Gasteiger charge is 2.34. The van der Waals surface area contributed by atoms with Gasteiger partial charge in [-0.1, -0.05) is 81.8 Å². The average Bonchev–Trinajstić information content (AvgIpc) is 2.46. The molecule has 0 aliphatic rings. The molecule has 0 saturated heterocycles. The van der Waals surface area contributed by atoms with E-state index in [1.807, 2.05) is 12.1 Å². The Morgan fingerprint density at radius 1 is 0.810 bits per heavy atom. The Morgan fingerprint density at radius 2 is 1.33 bits per heavy atom. The number of benzene rings is 2. The Balaban J connectivity index is 2.66. The highest BCUT2D eigenvalue weighted by atomic mass is 31.2. The van der Waals surface area contributed by atoms with E-state index in [-0.39, 0.29) is 11.3 Å². The van der Waals surface area contributed by atoms with E-state index >= 15 is 0 Å². The van der Waals surface area contributed by atoms with Gasteiger partial charge < -0.3 is 4.57 Å². The smallest absolute Gasteiger partial charge is 0.121 e. The van der Waals surface area contributed by atoms with E-state index < -0.39 is 7.14 Å². The van der Waals surface area contributed by atoms with Crippen LogP contribution >= 0.6 is 7.14 Å². The average molecular weight is 300 g/mol. The van der Waals surface area contributed by atoms with Crippen molar-refractivity contribution in [3.05, 3.63) is 54.1 Å². The molecule has 0 N–H and O–H groups in total. The zero-order valence-electron chi connectivity index (χ0n) is 13.6. The normalized spacial score (nSPS) is 12.1. The minimum absolute atomic E-state index is 0.157. The molecule has 2 rings (SSSR count). The Labute approximate surface area is 128 Å². The first kappa shape index (κ1) is 16.0. The molecule has 0 unspecified atom stereocenters. The predicted molar refractivity (Wildman–Crippen MR) is 94.1 cm³/mol. The zero-order valence-corrected chi connectivity index (χ0v) is 14.5. The summed E-state index contributed by atoms with van der Waals surface area (Å²) < 4.78 is 13.7. The van der Waals surface area contributed by atoms with Crippen LogP contribution in [0.4, 0.5) is 0 Å². The third-order valence-electron chi connectivity index (χ3n) is 4.18. The van der Waals surface area contributed by atoms with Crippen molar-refractivity contribution in [2.75, 3.05) is 0 Å². The van der Waals surface area contributed by atoms with Crippen molar-refractivity contribution in [3.63, 3.8) is 0 Å². The largest absolute Gasteiger partial charge is 0.318 e. The van der Waals surface area contributed by atoms with Crippen LogP contribution in [-0.2, 0) is 4.57 Å². The maximum Gasteiger partial charge on any atom is 0.121 e. The lowest BCUT2D eigenvalue weighted by molar-refractivity contribution is 0.569. The van der Waals surface area contributed by atoms with Crippen LogP contribution in [0, 0.1) is 6.92 Å². The number of hydrogen-bond donors (Lipinski definition) is 0. The van der Waals surface area contributed by atoms with E-state index in [1.165, 1.54) is 5.56 Å². The van der Waals surface area contributed by atoms with E-state index in [4.69, 9.17) is 0 Å². The van der Waals surface area contributed by atoms with Gasteiger partial charge in [0.25, 0.3) is 0 Å². The summed E-state index contributed by atoms with van der Waals surface area (Å²) in [6, 6.07) is 16.7. The fraction of sp³-hybridized carbons (Fsp3) is 0.368. The van der Waals surface area contributed by atoms with Crippen LogP contribution in [0.15, 0.2) is 48.5 Å². The molecule has 2 aromatic carbocycles. The molecule has 112 valence electrons. The molecule has 0 atom stereocenters. The molecule has 21 heavy (non-hydrogen) atoms. The van der Waals surface area contributed by atoms with E-state index in [9.17, 15) is 4.57 Å². The number of rotatable bonds is 4. The highest BCUT2D eigenvalue weighted by molar-refractivity contribution is 7.73. The van der Waals surface area contributed by atoms with Crippen LogP contribution in [0.5, 0.6) is 0 Å². The monoisotopic (exact) mass is 300 g/mol. The molecule has 0 saturated carbocycles. The van der Waals surface area contributed by atoms with Gasteiger partial charge in [0.05, 0.1) is 0 Å². The molecule has 0 heterocycles. The summed E-state index contributed by atoms with van der Waals surface area (Å²) >= 11 is 0. The van der Waals surface area contributed by atoms with Crippen molar-refractivity contribution in [2.24, 2.45) is 0 Å². The summed E-state index contributed by atoms with van der Waals surface area (Å²) in [4.78, 5) is 0. The summed E-state index contributed by atoms with van der Waals surface area (Å²) in [6.45, 7) is 10.4. The molecular formula is C19H25OP. The van der Waals surface area contributed by atoms with Crippen LogP contribution < -0.4 is 5.30 Å². The van der Waals surface area contributed by atoms with Gasteiger partial charge in [-0.25, -0.2) is 0 Å². The Bertz CT molecular complexity index is 642. The van der Waals surface area contributed by atoms with Gasteiger partial charge in [0, 0.05) is 16.6 Å². The first-order chi connectivity index (χ1) is 9.87. The second-order valence-corrected chi connectivity index (χ2v) is 10.2. The molecule has 0 aromatic heterocycles. The van der Waals surface area contributed by atoms with Crippen molar-refractivity contribution in [3.8, 4) is 11.1 Å². The quantitative estimate of drug-likeness (QED) is 0.684. The van der Waals surface area contributed by atoms with Crippen molar-refractivity contribution in [2.45, 2.75) is 45.9 Å². The third kappa shape index (κ3) is 2.99. The van der Waals surface area contributed by atoms with Crippen molar-refractivity contribution in [1.82, 2.24) is 0 Å². The van der Waals surface area contributed by atoms with E-state index in [0.29, 0.717) is 0 Å². The molecule has 0 spiro atoms. The lowest BCUT2D eigenvalue weighted by atomic mass is 10.0. The van der Waals surface area contributed by atoms with Gasteiger partial charge in [0.2, 0.25) is 0 Å². The molecule has 0 aliphatic heterocycles. The summed E-state index contributed by atoms with van der Waals surface area (Å²) in [5.74, 6) is 0. The predicted octanol–water partition coefficient (Wildman–Crippen LogP) is 5.47. The van der Waals surface area contributed by atoms with Gasteiger partial charge in [0.15, 0.2) is 0 Å². The van der Waals surface area contributed by atoms with Crippen LogP contribution in [0.3, 0.4) is 0 Å². The minimum atomic E-state index is -2.43. The van der Waals surface area contributed by atoms with E-state index in [2.05, 4.69) is 71.0 Å². The fourth-order valence-electron chi connectivity index (χ4n) is 2.91. The van der Waals surface area contributed by atoms with Gasteiger partial charge in [-0.2, -0.15) is 0 Å². The van der Waals surface area contributed by atoms with E-state index in [1.54, 1.807) is 0 Å². The minimum Gasteiger partial charge on any atom is -0.318 e. The summed E-state index contributed by atoms with van der Waals surface area (Å²) in [6.07, 6.45) is 0. The summed E-state index contributed by atoms with van der Waals surface area (Å²) in [5.41, 5.74) is 3.82. The molecule has 0 radical (unpaired) electrons. The Hall–Kier alpha value is -1.33. The summed E-state index contributed by atoms with van der Waals surface area (Å²) in [5, 5.41) is 1.03. The van der Waals surface area contributed by atoms with Crippen LogP contribution in [-0.4, -0.2) is 11.3 Å². The standard InChI is InChI=1S/C19H25OP/c1-14(2)21(20,15(3)4)19-9-7-6-8-18(19)17-12-10-16(5)11-13-17/h6-15H,1-5H3. The van der Waals surface area contributed by atoms with Crippen molar-refractivity contribution < 1.29 is 4.57 Å². The van der Waals surface area contributed by atoms with Crippen LogP contribution in [0.2, 0.25) is 0 Å². The highest BCUT2D eigenvalue weighted by Crippen LogP contribution is 2.55. The molecule has 0 bridgehead atoms. The molecule has 1 nitrogen and oxygen atoms in total.